The van der Waals surface area contributed by atoms with Crippen LogP contribution >= 0.6 is 0 Å². The molecule has 1 aliphatic heterocycles. The summed E-state index contributed by atoms with van der Waals surface area (Å²) in [4.78, 5) is 0. The molecule has 204 valence electrons. The molecule has 0 amide bonds. The Balaban J connectivity index is 1.89. The maximum absolute atomic E-state index is 2.32. The molecule has 34 heavy (non-hydrogen) atoms. The largest absolute Gasteiger partial charge is 0.324 e. The van der Waals surface area contributed by atoms with E-state index in [1.807, 2.05) is 0 Å². The maximum atomic E-state index is 2.32. The lowest BCUT2D eigenvalue weighted by molar-refractivity contribution is -0.917. The lowest BCUT2D eigenvalue weighted by Gasteiger charge is -2.34. The highest BCUT2D eigenvalue weighted by molar-refractivity contribution is 4.58. The Kier molecular flexibility index (Phi) is 23.2. The molecule has 0 atom stereocenters. The number of nitrogens with zero attached hydrogens (tertiary/aromatic N) is 1. The Morgan fingerprint density at radius 1 is 0.324 bits per heavy atom. The van der Waals surface area contributed by atoms with E-state index in [1.54, 1.807) is 0 Å². The third kappa shape index (κ3) is 19.2. The molecule has 0 spiro atoms. The summed E-state index contributed by atoms with van der Waals surface area (Å²) in [5.74, 6) is 0. The van der Waals surface area contributed by atoms with Gasteiger partial charge in [0.15, 0.2) is 0 Å². The Labute approximate surface area is 217 Å². The second-order valence-electron chi connectivity index (χ2n) is 12.1. The SMILES string of the molecule is CCCCCCCCCCCCCCCCC[N+]1(CCCCCCCCCCCC)CCCC1. The zero-order valence-electron chi connectivity index (χ0n) is 24.4. The fourth-order valence-electron chi connectivity index (χ4n) is 6.32. The molecule has 0 N–H and O–H groups in total. The van der Waals surface area contributed by atoms with E-state index in [9.17, 15) is 0 Å². The van der Waals surface area contributed by atoms with E-state index in [0.29, 0.717) is 0 Å². The summed E-state index contributed by atoms with van der Waals surface area (Å²) in [7, 11) is 0. The van der Waals surface area contributed by atoms with Crippen molar-refractivity contribution in [3.63, 3.8) is 0 Å². The monoisotopic (exact) mass is 479 g/mol. The van der Waals surface area contributed by atoms with Crippen LogP contribution in [0.15, 0.2) is 0 Å². The van der Waals surface area contributed by atoms with Gasteiger partial charge in [-0.1, -0.05) is 149 Å². The molecule has 0 bridgehead atoms. The van der Waals surface area contributed by atoms with E-state index in [0.717, 1.165) is 0 Å². The van der Waals surface area contributed by atoms with Crippen LogP contribution in [0, 0.1) is 0 Å². The normalized spacial score (nSPS) is 15.4. The first-order valence-corrected chi connectivity index (χ1v) is 16.7. The molecule has 0 unspecified atom stereocenters. The van der Waals surface area contributed by atoms with Gasteiger partial charge in [-0.05, 0) is 25.7 Å². The second-order valence-corrected chi connectivity index (χ2v) is 12.1. The molecule has 0 radical (unpaired) electrons. The van der Waals surface area contributed by atoms with Crippen LogP contribution in [-0.2, 0) is 0 Å². The number of rotatable bonds is 27. The number of hydrogen-bond donors (Lipinski definition) is 0. The molecule has 0 aromatic carbocycles. The molecular weight excluding hydrogens is 410 g/mol. The summed E-state index contributed by atoms with van der Waals surface area (Å²) < 4.78 is 1.50. The third-order valence-corrected chi connectivity index (χ3v) is 8.74. The smallest absolute Gasteiger partial charge is 0.0788 e. The van der Waals surface area contributed by atoms with Crippen LogP contribution in [0.5, 0.6) is 0 Å². The highest BCUT2D eigenvalue weighted by atomic mass is 15.4. The van der Waals surface area contributed by atoms with Gasteiger partial charge >= 0.3 is 0 Å². The summed E-state index contributed by atoms with van der Waals surface area (Å²) in [5.41, 5.74) is 0. The van der Waals surface area contributed by atoms with Crippen molar-refractivity contribution in [2.45, 2.75) is 187 Å². The van der Waals surface area contributed by atoms with E-state index in [1.165, 1.54) is 204 Å². The zero-order chi connectivity index (χ0) is 24.4. The first-order valence-electron chi connectivity index (χ1n) is 16.7. The van der Waals surface area contributed by atoms with Gasteiger partial charge in [-0.3, -0.25) is 0 Å². The van der Waals surface area contributed by atoms with E-state index in [4.69, 9.17) is 0 Å². The molecule has 0 aliphatic carbocycles. The molecule has 1 heterocycles. The molecule has 1 rings (SSSR count). The van der Waals surface area contributed by atoms with E-state index in [-0.39, 0.29) is 0 Å². The molecule has 0 saturated carbocycles. The lowest BCUT2D eigenvalue weighted by atomic mass is 10.0. The quantitative estimate of drug-likeness (QED) is 0.0813. The van der Waals surface area contributed by atoms with Crippen molar-refractivity contribution in [1.29, 1.82) is 0 Å². The van der Waals surface area contributed by atoms with Crippen LogP contribution in [0.4, 0.5) is 0 Å². The van der Waals surface area contributed by atoms with Gasteiger partial charge in [0.25, 0.3) is 0 Å². The Morgan fingerprint density at radius 3 is 0.824 bits per heavy atom. The Hall–Kier alpha value is -0.0400. The summed E-state index contributed by atoms with van der Waals surface area (Å²) in [5, 5.41) is 0. The van der Waals surface area contributed by atoms with Crippen LogP contribution in [0.25, 0.3) is 0 Å². The topological polar surface area (TPSA) is 0 Å². The molecule has 1 fully saturated rings. The van der Waals surface area contributed by atoms with Crippen molar-refractivity contribution in [3.05, 3.63) is 0 Å². The van der Waals surface area contributed by atoms with Gasteiger partial charge in [-0.25, -0.2) is 0 Å². The highest BCUT2D eigenvalue weighted by Crippen LogP contribution is 2.23. The van der Waals surface area contributed by atoms with Gasteiger partial charge in [-0.15, -0.1) is 0 Å². The zero-order valence-corrected chi connectivity index (χ0v) is 24.4. The van der Waals surface area contributed by atoms with Crippen LogP contribution in [0.3, 0.4) is 0 Å². The Morgan fingerprint density at radius 2 is 0.559 bits per heavy atom. The summed E-state index contributed by atoms with van der Waals surface area (Å²) in [6, 6.07) is 0. The minimum Gasteiger partial charge on any atom is -0.324 e. The minimum atomic E-state index is 1.37. The van der Waals surface area contributed by atoms with Gasteiger partial charge in [0.2, 0.25) is 0 Å². The molecule has 0 aromatic heterocycles. The molecule has 0 aromatic rings. The van der Waals surface area contributed by atoms with Crippen molar-refractivity contribution in [1.82, 2.24) is 0 Å². The van der Waals surface area contributed by atoms with E-state index >= 15 is 0 Å². The number of likely N-dealkylation sites (tertiary alicyclic amines) is 1. The maximum Gasteiger partial charge on any atom is 0.0788 e. The van der Waals surface area contributed by atoms with Crippen molar-refractivity contribution in [2.75, 3.05) is 26.2 Å². The average Bonchev–Trinajstić information content (AvgIpc) is 3.31. The van der Waals surface area contributed by atoms with Gasteiger partial charge in [-0.2, -0.15) is 0 Å². The summed E-state index contributed by atoms with van der Waals surface area (Å²) in [6.45, 7) is 10.6. The Bertz CT molecular complexity index is 384. The van der Waals surface area contributed by atoms with Crippen LogP contribution < -0.4 is 0 Å². The fourth-order valence-corrected chi connectivity index (χ4v) is 6.32. The summed E-state index contributed by atoms with van der Waals surface area (Å²) >= 11 is 0. The van der Waals surface area contributed by atoms with Crippen LogP contribution in [0.1, 0.15) is 187 Å². The molecule has 1 nitrogen and oxygen atoms in total. The molecule has 1 saturated heterocycles. The standard InChI is InChI=1S/C33H68N/c1-3-5-7-9-11-13-15-16-17-18-19-21-23-25-27-31-34(32-28-29-33-34)30-26-24-22-20-14-12-10-8-6-4-2/h3-33H2,1-2H3/q+1. The number of unbranched alkanes of at least 4 members (excludes halogenated alkanes) is 23. The molecular formula is C33H68N+. The summed E-state index contributed by atoms with van der Waals surface area (Å²) in [6.07, 6.45) is 39.9. The number of quaternary nitrogens is 1. The van der Waals surface area contributed by atoms with Gasteiger partial charge in [0, 0.05) is 12.8 Å². The molecule has 1 heteroatoms. The third-order valence-electron chi connectivity index (χ3n) is 8.74. The van der Waals surface area contributed by atoms with Gasteiger partial charge in [0.05, 0.1) is 26.2 Å². The van der Waals surface area contributed by atoms with Crippen LogP contribution in [-0.4, -0.2) is 30.7 Å². The van der Waals surface area contributed by atoms with E-state index < -0.39 is 0 Å². The second kappa shape index (κ2) is 24.6. The molecule has 1 aliphatic rings. The minimum absolute atomic E-state index is 1.37. The predicted octanol–water partition coefficient (Wildman–Crippen LogP) is 11.4. The first-order chi connectivity index (χ1) is 16.8. The van der Waals surface area contributed by atoms with Crippen molar-refractivity contribution < 1.29 is 4.48 Å². The van der Waals surface area contributed by atoms with E-state index in [2.05, 4.69) is 13.8 Å². The average molecular weight is 479 g/mol. The first kappa shape index (κ1) is 32.0. The number of hydrogen-bond acceptors (Lipinski definition) is 0. The van der Waals surface area contributed by atoms with Gasteiger partial charge < -0.3 is 4.48 Å². The van der Waals surface area contributed by atoms with Gasteiger partial charge in [0.1, 0.15) is 0 Å². The lowest BCUT2D eigenvalue weighted by Crippen LogP contribution is -2.46. The van der Waals surface area contributed by atoms with Crippen molar-refractivity contribution in [3.8, 4) is 0 Å². The predicted molar refractivity (Wildman–Crippen MR) is 156 cm³/mol. The van der Waals surface area contributed by atoms with Crippen molar-refractivity contribution >= 4 is 0 Å². The van der Waals surface area contributed by atoms with Crippen LogP contribution in [0.2, 0.25) is 0 Å². The fraction of sp³-hybridized carbons (Fsp3) is 1.00. The highest BCUT2D eigenvalue weighted by Gasteiger charge is 2.30. The van der Waals surface area contributed by atoms with Crippen molar-refractivity contribution in [2.24, 2.45) is 0 Å².